The zero-order valence-corrected chi connectivity index (χ0v) is 44.1. The van der Waals surface area contributed by atoms with Crippen molar-refractivity contribution in [3.05, 3.63) is 178 Å². The molecule has 2 aromatic heterocycles. The average molecular weight is 1030 g/mol. The summed E-state index contributed by atoms with van der Waals surface area (Å²) >= 11 is 0. The number of Topliss-reactive ketones (excluding diaryl/α,β-unsaturated/α-hetero) is 2. The van der Waals surface area contributed by atoms with Crippen LogP contribution in [-0.2, 0) is 27.2 Å². The first-order valence-corrected chi connectivity index (χ1v) is 26.0. The Morgan fingerprint density at radius 1 is 0.632 bits per heavy atom. The lowest BCUT2D eigenvalue weighted by Gasteiger charge is -2.35. The highest BCUT2D eigenvalue weighted by molar-refractivity contribution is 6.04. The molecule has 0 aliphatic carbocycles. The highest BCUT2D eigenvalue weighted by atomic mass is 16.6. The second kappa shape index (κ2) is 29.2. The van der Waals surface area contributed by atoms with E-state index in [4.69, 9.17) is 18.9 Å². The van der Waals surface area contributed by atoms with E-state index in [1.807, 2.05) is 24.3 Å². The van der Waals surface area contributed by atoms with Gasteiger partial charge in [-0.05, 0) is 110 Å². The van der Waals surface area contributed by atoms with E-state index in [9.17, 15) is 24.3 Å². The van der Waals surface area contributed by atoms with E-state index in [1.54, 1.807) is 67.0 Å². The third-order valence-electron chi connectivity index (χ3n) is 13.2. The minimum Gasteiger partial charge on any atom is -0.489 e. The lowest BCUT2D eigenvalue weighted by molar-refractivity contribution is -0.120. The molecule has 2 atom stereocenters. The number of benzene rings is 4. The fraction of sp³-hybridized carbons (Fsp3) is 0.367. The molecule has 0 radical (unpaired) electrons. The molecule has 0 bridgehead atoms. The maximum absolute atomic E-state index is 12.7. The fourth-order valence-corrected chi connectivity index (χ4v) is 8.83. The number of aryl methyl sites for hydroxylation is 4. The van der Waals surface area contributed by atoms with Gasteiger partial charge in [-0.1, -0.05) is 60.7 Å². The smallest absolute Gasteiger partial charge is 0.345 e. The van der Waals surface area contributed by atoms with Gasteiger partial charge in [-0.3, -0.25) is 39.1 Å². The van der Waals surface area contributed by atoms with Gasteiger partial charge in [-0.15, -0.1) is 0 Å². The third-order valence-corrected chi connectivity index (χ3v) is 13.2. The zero-order chi connectivity index (χ0) is 53.7. The lowest BCUT2D eigenvalue weighted by Crippen LogP contribution is -2.50. The van der Waals surface area contributed by atoms with Crippen molar-refractivity contribution in [1.29, 1.82) is 0 Å². The summed E-state index contributed by atoms with van der Waals surface area (Å²) in [6, 6.07) is 33.3. The Hall–Kier alpha value is -7.18. The van der Waals surface area contributed by atoms with Crippen LogP contribution in [-0.4, -0.2) is 157 Å². The van der Waals surface area contributed by atoms with Gasteiger partial charge in [0.2, 0.25) is 0 Å². The first kappa shape index (κ1) is 56.5. The molecule has 5 heterocycles. The number of ether oxygens (including phenoxy) is 4. The number of aliphatic hydroxyl groups is 1. The van der Waals surface area contributed by atoms with Crippen molar-refractivity contribution in [3.63, 3.8) is 0 Å². The number of epoxide rings is 1. The van der Waals surface area contributed by atoms with Crippen molar-refractivity contribution < 1.29 is 43.2 Å². The van der Waals surface area contributed by atoms with Crippen LogP contribution >= 0.6 is 0 Å². The van der Waals surface area contributed by atoms with Crippen molar-refractivity contribution in [3.8, 4) is 17.2 Å². The largest absolute Gasteiger partial charge is 0.489 e. The third kappa shape index (κ3) is 18.3. The summed E-state index contributed by atoms with van der Waals surface area (Å²) in [5.41, 5.74) is 8.51. The molecule has 2 unspecified atom stereocenters. The summed E-state index contributed by atoms with van der Waals surface area (Å²) < 4.78 is 21.9. The Bertz CT molecular complexity index is 2780. The first-order chi connectivity index (χ1) is 36.9. The van der Waals surface area contributed by atoms with Crippen LogP contribution in [0, 0.1) is 27.7 Å². The molecule has 6 aromatic rings. The number of hydrogen-bond acceptors (Lipinski definition) is 15. The fourth-order valence-electron chi connectivity index (χ4n) is 8.83. The maximum atomic E-state index is 12.7. The molecule has 3 aliphatic rings. The molecule has 3 N–H and O–H groups in total. The van der Waals surface area contributed by atoms with E-state index in [0.29, 0.717) is 78.9 Å². The van der Waals surface area contributed by atoms with Gasteiger partial charge in [0.25, 0.3) is 5.91 Å². The van der Waals surface area contributed by atoms with Gasteiger partial charge in [0, 0.05) is 96.5 Å². The molecule has 0 spiro atoms. The van der Waals surface area contributed by atoms with E-state index in [1.165, 1.54) is 29.1 Å². The SMILES string of the molecule is Cc1cccc(C)c1CC(=O)CN1CCN(CC(O)COc2ccccc2NC(=O)c2cccnc2)CC1.Cc1cccc(C)c1CC(=O)CN1CCNCC1.O=C(Oc1ccccc1OCC1CO1)c1cccnc1. The molecule has 4 aromatic carbocycles. The molecule has 9 rings (SSSR count). The molecular weight excluding hydrogens is 963 g/mol. The normalized spacial score (nSPS) is 15.9. The van der Waals surface area contributed by atoms with Crippen LogP contribution in [0.4, 0.5) is 5.69 Å². The number of carbonyl (C=O) groups is 4. The van der Waals surface area contributed by atoms with Crippen molar-refractivity contribution in [1.82, 2.24) is 30.0 Å². The summed E-state index contributed by atoms with van der Waals surface area (Å²) in [5, 5.41) is 16.8. The van der Waals surface area contributed by atoms with Crippen LogP contribution in [0.15, 0.2) is 134 Å². The molecule has 3 aliphatic heterocycles. The van der Waals surface area contributed by atoms with Gasteiger partial charge in [-0.2, -0.15) is 0 Å². The van der Waals surface area contributed by atoms with Gasteiger partial charge < -0.3 is 34.7 Å². The summed E-state index contributed by atoms with van der Waals surface area (Å²) in [6.45, 7) is 18.2. The monoisotopic (exact) mass is 1030 g/mol. The van der Waals surface area contributed by atoms with Crippen molar-refractivity contribution in [2.45, 2.75) is 52.7 Å². The zero-order valence-electron chi connectivity index (χ0n) is 44.1. The van der Waals surface area contributed by atoms with Crippen LogP contribution in [0.5, 0.6) is 17.2 Å². The molecule has 0 saturated carbocycles. The van der Waals surface area contributed by atoms with Crippen LogP contribution in [0.1, 0.15) is 54.1 Å². The van der Waals surface area contributed by atoms with Gasteiger partial charge >= 0.3 is 5.97 Å². The Kier molecular flexibility index (Phi) is 21.7. The average Bonchev–Trinajstić information content (AvgIpc) is 4.27. The van der Waals surface area contributed by atoms with Crippen LogP contribution in [0.2, 0.25) is 0 Å². The number of aliphatic hydroxyl groups excluding tert-OH is 1. The number of piperazine rings is 2. The standard InChI is InChI=1S/C30H36N4O4.C15H22N2O.C15H13NO4/c1-22-7-5-8-23(2)27(22)17-25(35)19-33-13-15-34(16-14-33)20-26(36)21-38-29-11-4-3-10-28(29)32-30(37)24-9-6-12-31-18-24;1-12-4-3-5-13(2)15(12)10-14(18)11-17-8-6-16-7-9-17;17-15(11-4-3-7-16-8-11)20-14-6-2-1-5-13(14)19-10-12-9-18-12/h3-12,18,26,36H,13-17,19-21H2,1-2H3,(H,32,37);3-5,16H,6-11H2,1-2H3;1-8,12H,9-10H2. The number of anilines is 1. The predicted octanol–water partition coefficient (Wildman–Crippen LogP) is 6.52. The molecule has 16 heteroatoms. The van der Waals surface area contributed by atoms with Crippen molar-refractivity contribution >= 4 is 29.1 Å². The molecule has 16 nitrogen and oxygen atoms in total. The van der Waals surface area contributed by atoms with Crippen molar-refractivity contribution in [2.24, 2.45) is 0 Å². The molecule has 76 heavy (non-hydrogen) atoms. The molecule has 400 valence electrons. The highest BCUT2D eigenvalue weighted by Crippen LogP contribution is 2.29. The number of esters is 1. The van der Waals surface area contributed by atoms with E-state index >= 15 is 0 Å². The number of hydrogen-bond donors (Lipinski definition) is 3. The van der Waals surface area contributed by atoms with Crippen LogP contribution in [0.25, 0.3) is 0 Å². The van der Waals surface area contributed by atoms with Crippen LogP contribution < -0.4 is 24.8 Å². The number of rotatable bonds is 20. The van der Waals surface area contributed by atoms with Gasteiger partial charge in [-0.25, -0.2) is 4.79 Å². The number of aromatic nitrogens is 2. The summed E-state index contributed by atoms with van der Waals surface area (Å²) in [6.07, 6.45) is 6.69. The van der Waals surface area contributed by atoms with E-state index in [0.717, 1.165) is 75.7 Å². The number of amides is 1. The predicted molar refractivity (Wildman–Crippen MR) is 292 cm³/mol. The first-order valence-electron chi connectivity index (χ1n) is 26.0. The second-order valence-corrected chi connectivity index (χ2v) is 19.3. The minimum absolute atomic E-state index is 0.105. The maximum Gasteiger partial charge on any atom is 0.345 e. The minimum atomic E-state index is -0.686. The van der Waals surface area contributed by atoms with Gasteiger partial charge in [0.1, 0.15) is 31.2 Å². The molecule has 3 fully saturated rings. The number of carbonyl (C=O) groups excluding carboxylic acids is 4. The van der Waals surface area contributed by atoms with E-state index in [-0.39, 0.29) is 24.4 Å². The quantitative estimate of drug-likeness (QED) is 0.0426. The van der Waals surface area contributed by atoms with E-state index in [2.05, 4.69) is 93.3 Å². The molecular formula is C60H71N7O9. The van der Waals surface area contributed by atoms with E-state index < -0.39 is 12.1 Å². The Labute approximate surface area is 446 Å². The van der Waals surface area contributed by atoms with Gasteiger partial charge in [0.15, 0.2) is 23.1 Å². The molecule has 1 amide bonds. The number of β-amino-alcohol motifs (C(OH)–C–C–N with tert-alkyl or cyclic N) is 1. The Morgan fingerprint density at radius 3 is 1.70 bits per heavy atom. The lowest BCUT2D eigenvalue weighted by atomic mass is 9.98. The number of nitrogens with one attached hydrogen (secondary N) is 2. The summed E-state index contributed by atoms with van der Waals surface area (Å²) in [7, 11) is 0. The summed E-state index contributed by atoms with van der Waals surface area (Å²) in [5.74, 6) is 1.24. The van der Waals surface area contributed by atoms with Crippen molar-refractivity contribution in [2.75, 3.05) is 97.1 Å². The van der Waals surface area contributed by atoms with Crippen LogP contribution in [0.3, 0.4) is 0 Å². The number of para-hydroxylation sites is 4. The summed E-state index contributed by atoms with van der Waals surface area (Å²) in [4.78, 5) is 63.8. The molecule has 3 saturated heterocycles. The second-order valence-electron chi connectivity index (χ2n) is 19.3. The topological polar surface area (TPSA) is 188 Å². The Morgan fingerprint density at radius 2 is 1.14 bits per heavy atom. The van der Waals surface area contributed by atoms with Gasteiger partial charge in [0.05, 0.1) is 36.5 Å². The number of nitrogens with zero attached hydrogens (tertiary/aromatic N) is 5. The number of ketones is 2. The number of pyridine rings is 2. The highest BCUT2D eigenvalue weighted by Gasteiger charge is 2.25. The Balaban J connectivity index is 0.000000184.